The van der Waals surface area contributed by atoms with Gasteiger partial charge in [0.15, 0.2) is 6.10 Å². The molecule has 1 atom stereocenters. The van der Waals surface area contributed by atoms with Gasteiger partial charge in [0.25, 0.3) is 0 Å². The lowest BCUT2D eigenvalue weighted by molar-refractivity contribution is -0.146. The number of carbonyl (C=O) groups is 3. The molecule has 0 bridgehead atoms. The predicted octanol–water partition coefficient (Wildman–Crippen LogP) is 6.96. The first-order valence-corrected chi connectivity index (χ1v) is 13.9. The second kappa shape index (κ2) is 16.2. The Kier molecular flexibility index (Phi) is 12.4. The summed E-state index contributed by atoms with van der Waals surface area (Å²) < 4.78 is 21.5. The molecule has 3 rings (SSSR count). The lowest BCUT2D eigenvalue weighted by Crippen LogP contribution is -2.26. The zero-order valence-electron chi connectivity index (χ0n) is 23.5. The van der Waals surface area contributed by atoms with E-state index in [1.54, 1.807) is 43.3 Å². The summed E-state index contributed by atoms with van der Waals surface area (Å²) in [6, 6.07) is 21.4. The second-order valence-corrected chi connectivity index (χ2v) is 9.50. The van der Waals surface area contributed by atoms with Gasteiger partial charge >= 0.3 is 17.9 Å². The van der Waals surface area contributed by atoms with Gasteiger partial charge in [0.1, 0.15) is 11.5 Å². The number of benzene rings is 3. The number of hydrogen-bond donors (Lipinski definition) is 0. The number of ether oxygens (including phenoxy) is 4. The average molecular weight is 547 g/mol. The lowest BCUT2D eigenvalue weighted by atomic mass is 10.0. The van der Waals surface area contributed by atoms with Crippen LogP contribution in [0.25, 0.3) is 11.1 Å². The van der Waals surface area contributed by atoms with Crippen molar-refractivity contribution in [2.75, 3.05) is 13.2 Å². The molecule has 40 heavy (non-hydrogen) atoms. The minimum atomic E-state index is -0.624. The van der Waals surface area contributed by atoms with Crippen molar-refractivity contribution in [3.05, 3.63) is 83.9 Å². The van der Waals surface area contributed by atoms with Crippen LogP contribution >= 0.6 is 0 Å². The van der Waals surface area contributed by atoms with E-state index in [4.69, 9.17) is 18.9 Å². The molecule has 0 saturated carbocycles. The SMILES string of the molecule is CCCCCOC(=O)CCc1ccc(OC(=O)c2ccc(-c3ccc(OC(=O)[C@H](C)OCCC)cc3)cc2)cc1. The molecule has 7 heteroatoms. The molecule has 0 fully saturated rings. The van der Waals surface area contributed by atoms with Gasteiger partial charge in [-0.25, -0.2) is 9.59 Å². The van der Waals surface area contributed by atoms with Crippen LogP contribution in [-0.2, 0) is 25.5 Å². The third-order valence-electron chi connectivity index (χ3n) is 6.19. The molecule has 7 nitrogen and oxygen atoms in total. The third kappa shape index (κ3) is 9.97. The second-order valence-electron chi connectivity index (χ2n) is 9.50. The molecule has 0 aliphatic rings. The molecule has 3 aromatic rings. The van der Waals surface area contributed by atoms with Crippen LogP contribution in [0.5, 0.6) is 11.5 Å². The van der Waals surface area contributed by atoms with Crippen LogP contribution in [-0.4, -0.2) is 37.2 Å². The largest absolute Gasteiger partial charge is 0.466 e. The molecule has 0 N–H and O–H groups in total. The van der Waals surface area contributed by atoms with Crippen LogP contribution in [0.15, 0.2) is 72.8 Å². The Labute approximate surface area is 236 Å². The first-order chi connectivity index (χ1) is 19.4. The average Bonchev–Trinajstić information content (AvgIpc) is 2.98. The summed E-state index contributed by atoms with van der Waals surface area (Å²) in [6.45, 7) is 6.73. The van der Waals surface area contributed by atoms with Gasteiger partial charge in [-0.1, -0.05) is 63.1 Å². The lowest BCUT2D eigenvalue weighted by Gasteiger charge is -2.12. The van der Waals surface area contributed by atoms with E-state index in [0.717, 1.165) is 42.4 Å². The van der Waals surface area contributed by atoms with Crippen molar-refractivity contribution in [2.45, 2.75) is 65.4 Å². The summed E-state index contributed by atoms with van der Waals surface area (Å²) in [6.07, 6.45) is 4.13. The maximum Gasteiger partial charge on any atom is 0.343 e. The Balaban J connectivity index is 1.48. The van der Waals surface area contributed by atoms with Crippen LogP contribution in [0, 0.1) is 0 Å². The van der Waals surface area contributed by atoms with E-state index in [0.29, 0.717) is 43.1 Å². The van der Waals surface area contributed by atoms with E-state index in [1.807, 2.05) is 43.3 Å². The summed E-state index contributed by atoms with van der Waals surface area (Å²) >= 11 is 0. The third-order valence-corrected chi connectivity index (χ3v) is 6.19. The zero-order chi connectivity index (χ0) is 28.7. The molecule has 0 saturated heterocycles. The number of aryl methyl sites for hydroxylation is 1. The first-order valence-electron chi connectivity index (χ1n) is 13.9. The molecule has 0 spiro atoms. The van der Waals surface area contributed by atoms with Gasteiger partial charge in [-0.2, -0.15) is 0 Å². The van der Waals surface area contributed by atoms with Crippen molar-refractivity contribution >= 4 is 17.9 Å². The Hall–Kier alpha value is -3.97. The molecule has 0 heterocycles. The van der Waals surface area contributed by atoms with Crippen molar-refractivity contribution in [3.63, 3.8) is 0 Å². The van der Waals surface area contributed by atoms with Crippen LogP contribution in [0.2, 0.25) is 0 Å². The molecule has 3 aromatic carbocycles. The summed E-state index contributed by atoms with van der Waals surface area (Å²) in [4.78, 5) is 36.6. The Morgan fingerprint density at radius 3 is 1.93 bits per heavy atom. The fourth-order valence-corrected chi connectivity index (χ4v) is 3.82. The number of hydrogen-bond acceptors (Lipinski definition) is 7. The standard InChI is InChI=1S/C33H38O7/c1-4-6-7-23-38-31(34)21-10-25-8-17-29(18-9-25)40-33(36)28-13-11-26(12-14-28)27-15-19-30(20-16-27)39-32(35)24(3)37-22-5-2/h8-9,11-20,24H,4-7,10,21-23H2,1-3H3/t24-/m0/s1. The van der Waals surface area contributed by atoms with Crippen molar-refractivity contribution < 1.29 is 33.3 Å². The predicted molar refractivity (Wildman–Crippen MR) is 153 cm³/mol. The van der Waals surface area contributed by atoms with Gasteiger partial charge < -0.3 is 18.9 Å². The number of rotatable bonds is 15. The summed E-state index contributed by atoms with van der Waals surface area (Å²) in [5.41, 5.74) is 3.21. The van der Waals surface area contributed by atoms with E-state index in [-0.39, 0.29) is 5.97 Å². The summed E-state index contributed by atoms with van der Waals surface area (Å²) in [5.74, 6) is -0.223. The highest BCUT2D eigenvalue weighted by Crippen LogP contribution is 2.24. The van der Waals surface area contributed by atoms with E-state index < -0.39 is 18.0 Å². The van der Waals surface area contributed by atoms with E-state index in [9.17, 15) is 14.4 Å². The first kappa shape index (κ1) is 30.6. The minimum absolute atomic E-state index is 0.197. The van der Waals surface area contributed by atoms with Gasteiger partial charge in [0, 0.05) is 13.0 Å². The summed E-state index contributed by atoms with van der Waals surface area (Å²) in [5, 5.41) is 0. The fourth-order valence-electron chi connectivity index (χ4n) is 3.82. The van der Waals surface area contributed by atoms with Crippen LogP contribution in [0.4, 0.5) is 0 Å². The van der Waals surface area contributed by atoms with Gasteiger partial charge in [-0.05, 0) is 79.3 Å². The molecular formula is C33H38O7. The molecule has 0 aromatic heterocycles. The molecule has 0 unspecified atom stereocenters. The fraction of sp³-hybridized carbons (Fsp3) is 0.364. The van der Waals surface area contributed by atoms with E-state index in [2.05, 4.69) is 6.92 Å². The number of carbonyl (C=O) groups excluding carboxylic acids is 3. The zero-order valence-corrected chi connectivity index (χ0v) is 23.5. The highest BCUT2D eigenvalue weighted by Gasteiger charge is 2.16. The van der Waals surface area contributed by atoms with Crippen molar-refractivity contribution in [2.24, 2.45) is 0 Å². The number of esters is 3. The molecule has 0 radical (unpaired) electrons. The van der Waals surface area contributed by atoms with Crippen LogP contribution in [0.3, 0.4) is 0 Å². The van der Waals surface area contributed by atoms with E-state index >= 15 is 0 Å². The Bertz CT molecular complexity index is 1220. The highest BCUT2D eigenvalue weighted by molar-refractivity contribution is 5.91. The maximum absolute atomic E-state index is 12.6. The Morgan fingerprint density at radius 1 is 0.700 bits per heavy atom. The normalized spacial score (nSPS) is 11.5. The van der Waals surface area contributed by atoms with Gasteiger partial charge in [0.05, 0.1) is 12.2 Å². The topological polar surface area (TPSA) is 88.1 Å². The highest BCUT2D eigenvalue weighted by atomic mass is 16.6. The molecule has 0 aliphatic heterocycles. The van der Waals surface area contributed by atoms with Crippen molar-refractivity contribution in [1.82, 2.24) is 0 Å². The van der Waals surface area contributed by atoms with Gasteiger partial charge in [0.2, 0.25) is 0 Å². The molecule has 212 valence electrons. The van der Waals surface area contributed by atoms with Crippen LogP contribution < -0.4 is 9.47 Å². The monoisotopic (exact) mass is 546 g/mol. The van der Waals surface area contributed by atoms with Gasteiger partial charge in [-0.15, -0.1) is 0 Å². The van der Waals surface area contributed by atoms with Crippen molar-refractivity contribution in [3.8, 4) is 22.6 Å². The van der Waals surface area contributed by atoms with Crippen molar-refractivity contribution in [1.29, 1.82) is 0 Å². The smallest absolute Gasteiger partial charge is 0.343 e. The molecule has 0 amide bonds. The quantitative estimate of drug-likeness (QED) is 0.116. The van der Waals surface area contributed by atoms with Crippen LogP contribution in [0.1, 0.15) is 68.8 Å². The van der Waals surface area contributed by atoms with Gasteiger partial charge in [-0.3, -0.25) is 4.79 Å². The molecule has 0 aliphatic carbocycles. The summed E-state index contributed by atoms with van der Waals surface area (Å²) in [7, 11) is 0. The number of unbranched alkanes of at least 4 members (excludes halogenated alkanes) is 2. The minimum Gasteiger partial charge on any atom is -0.466 e. The van der Waals surface area contributed by atoms with E-state index in [1.165, 1.54) is 0 Å². The maximum atomic E-state index is 12.6. The molecular weight excluding hydrogens is 508 g/mol. The Morgan fingerprint density at radius 2 is 1.30 bits per heavy atom.